The Morgan fingerprint density at radius 2 is 2.25 bits per heavy atom. The summed E-state index contributed by atoms with van der Waals surface area (Å²) in [6, 6.07) is 1.81. The Balaban J connectivity index is 3.00. The van der Waals surface area contributed by atoms with E-state index in [9.17, 15) is 10.1 Å². The molecule has 0 aromatic carbocycles. The minimum Gasteiger partial charge on any atom is -0.234 e. The first-order valence-electron chi connectivity index (χ1n) is 3.44. The van der Waals surface area contributed by atoms with Crippen molar-refractivity contribution in [2.24, 2.45) is 0 Å². The van der Waals surface area contributed by atoms with Gasteiger partial charge in [-0.25, -0.2) is 15.1 Å². The quantitative estimate of drug-likeness (QED) is 0.532. The zero-order chi connectivity index (χ0) is 9.14. The number of nitrogens with one attached hydrogen (secondary N) is 1. The Labute approximate surface area is 69.6 Å². The van der Waals surface area contributed by atoms with Crippen molar-refractivity contribution >= 4 is 5.82 Å². The summed E-state index contributed by atoms with van der Waals surface area (Å²) >= 11 is 0. The fourth-order valence-electron chi connectivity index (χ4n) is 0.831. The molecule has 0 radical (unpaired) electrons. The van der Waals surface area contributed by atoms with Gasteiger partial charge in [0, 0.05) is 11.8 Å². The van der Waals surface area contributed by atoms with E-state index in [2.05, 4.69) is 4.98 Å². The number of aryl methyl sites for hydroxylation is 1. The van der Waals surface area contributed by atoms with E-state index in [-0.39, 0.29) is 0 Å². The first-order valence-corrected chi connectivity index (χ1v) is 3.44. The van der Waals surface area contributed by atoms with Crippen LogP contribution in [0.2, 0.25) is 0 Å². The van der Waals surface area contributed by atoms with Gasteiger partial charge in [0.05, 0.1) is 0 Å². The normalized spacial score (nSPS) is 9.50. The summed E-state index contributed by atoms with van der Waals surface area (Å²) in [5, 5.41) is 9.47. The number of anilines is 1. The summed E-state index contributed by atoms with van der Waals surface area (Å²) in [5.74, 6) is 0.306. The Hall–Kier alpha value is -1.65. The van der Waals surface area contributed by atoms with E-state index in [0.717, 1.165) is 11.1 Å². The monoisotopic (exact) mass is 167 g/mol. The molecule has 0 unspecified atom stereocenters. The van der Waals surface area contributed by atoms with Crippen molar-refractivity contribution in [3.63, 3.8) is 0 Å². The Morgan fingerprint density at radius 1 is 1.58 bits per heavy atom. The molecule has 0 spiro atoms. The summed E-state index contributed by atoms with van der Waals surface area (Å²) in [6.07, 6.45) is 1.54. The van der Waals surface area contributed by atoms with Gasteiger partial charge in [0.2, 0.25) is 0 Å². The topological polar surface area (TPSA) is 68.1 Å². The molecule has 5 heteroatoms. The lowest BCUT2D eigenvalue weighted by molar-refractivity contribution is -0.445. The molecule has 0 atom stereocenters. The second-order valence-electron chi connectivity index (χ2n) is 2.47. The van der Waals surface area contributed by atoms with Gasteiger partial charge in [0.1, 0.15) is 0 Å². The molecule has 0 aliphatic heterocycles. The highest BCUT2D eigenvalue weighted by Gasteiger charge is 2.05. The molecule has 0 aliphatic rings. The van der Waals surface area contributed by atoms with E-state index in [4.69, 9.17) is 0 Å². The summed E-state index contributed by atoms with van der Waals surface area (Å²) in [6.45, 7) is 3.66. The van der Waals surface area contributed by atoms with Gasteiger partial charge in [-0.2, -0.15) is 0 Å². The molecule has 1 N–H and O–H groups in total. The van der Waals surface area contributed by atoms with E-state index < -0.39 is 5.03 Å². The largest absolute Gasteiger partial charge is 0.234 e. The van der Waals surface area contributed by atoms with E-state index in [1.807, 2.05) is 12.3 Å². The second-order valence-corrected chi connectivity index (χ2v) is 2.47. The molecule has 64 valence electrons. The zero-order valence-corrected chi connectivity index (χ0v) is 6.87. The maximum atomic E-state index is 10.1. The number of pyridine rings is 1. The van der Waals surface area contributed by atoms with E-state index in [0.29, 0.717) is 5.82 Å². The summed E-state index contributed by atoms with van der Waals surface area (Å²) in [4.78, 5) is 13.9. The molecular formula is C7H9N3O2. The highest BCUT2D eigenvalue weighted by atomic mass is 16.7. The molecule has 1 rings (SSSR count). The molecule has 1 heterocycles. The number of hydrogen-bond donors (Lipinski definition) is 1. The van der Waals surface area contributed by atoms with E-state index >= 15 is 0 Å². The van der Waals surface area contributed by atoms with Crippen LogP contribution in [0.1, 0.15) is 11.1 Å². The number of hydrogen-bond acceptors (Lipinski definition) is 3. The van der Waals surface area contributed by atoms with E-state index in [1.165, 1.54) is 6.20 Å². The van der Waals surface area contributed by atoms with Crippen molar-refractivity contribution in [1.82, 2.24) is 4.98 Å². The second kappa shape index (κ2) is 3.17. The van der Waals surface area contributed by atoms with Gasteiger partial charge in [0.15, 0.2) is 10.9 Å². The van der Waals surface area contributed by atoms with Crippen LogP contribution in [0.3, 0.4) is 0 Å². The van der Waals surface area contributed by atoms with Crippen molar-refractivity contribution in [2.75, 3.05) is 5.43 Å². The van der Waals surface area contributed by atoms with Crippen molar-refractivity contribution < 1.29 is 5.03 Å². The third-order valence-electron chi connectivity index (χ3n) is 1.67. The van der Waals surface area contributed by atoms with Crippen LogP contribution >= 0.6 is 0 Å². The lowest BCUT2D eigenvalue weighted by atomic mass is 10.2. The van der Waals surface area contributed by atoms with Crippen molar-refractivity contribution in [3.05, 3.63) is 33.5 Å². The first kappa shape index (κ1) is 8.45. The minimum absolute atomic E-state index is 0.306. The summed E-state index contributed by atoms with van der Waals surface area (Å²) in [5.41, 5.74) is 3.81. The molecule has 0 bridgehead atoms. The lowest BCUT2D eigenvalue weighted by Gasteiger charge is -2.02. The predicted molar refractivity (Wildman–Crippen MR) is 44.3 cm³/mol. The summed E-state index contributed by atoms with van der Waals surface area (Å²) in [7, 11) is 0. The van der Waals surface area contributed by atoms with E-state index in [1.54, 1.807) is 13.0 Å². The van der Waals surface area contributed by atoms with Gasteiger partial charge in [-0.05, 0) is 25.5 Å². The molecule has 0 aliphatic carbocycles. The molecule has 1 aromatic rings. The molecule has 0 fully saturated rings. The Morgan fingerprint density at radius 3 is 2.83 bits per heavy atom. The standard InChI is InChI=1S/C7H9N3O2/c1-5-3-4-8-7(6(5)2)9-10(11)12/h3-4H,1-2H3,(H,8,9). The fraction of sp³-hybridized carbons (Fsp3) is 0.286. The first-order chi connectivity index (χ1) is 5.61. The highest BCUT2D eigenvalue weighted by molar-refractivity contribution is 5.44. The smallest absolute Gasteiger partial charge is 0.193 e. The van der Waals surface area contributed by atoms with Crippen LogP contribution in [0.5, 0.6) is 0 Å². The van der Waals surface area contributed by atoms with Crippen LogP contribution in [0.15, 0.2) is 12.3 Å². The van der Waals surface area contributed by atoms with Crippen LogP contribution in [-0.2, 0) is 0 Å². The van der Waals surface area contributed by atoms with Crippen molar-refractivity contribution in [3.8, 4) is 0 Å². The minimum atomic E-state index is -0.616. The molecule has 1 aromatic heterocycles. The van der Waals surface area contributed by atoms with Crippen LogP contribution in [0.25, 0.3) is 0 Å². The predicted octanol–water partition coefficient (Wildman–Crippen LogP) is 1.30. The lowest BCUT2D eigenvalue weighted by Crippen LogP contribution is -2.10. The highest BCUT2D eigenvalue weighted by Crippen LogP contribution is 2.13. The number of hydrazine groups is 1. The third kappa shape index (κ3) is 1.69. The van der Waals surface area contributed by atoms with Crippen LogP contribution in [0.4, 0.5) is 5.82 Å². The summed E-state index contributed by atoms with van der Waals surface area (Å²) < 4.78 is 0. The van der Waals surface area contributed by atoms with Gasteiger partial charge in [0.25, 0.3) is 0 Å². The fourth-order valence-corrected chi connectivity index (χ4v) is 0.831. The maximum absolute atomic E-state index is 10.1. The average Bonchev–Trinajstić information content (AvgIpc) is 1.98. The maximum Gasteiger partial charge on any atom is 0.193 e. The van der Waals surface area contributed by atoms with Gasteiger partial charge in [-0.1, -0.05) is 5.43 Å². The number of nitrogens with zero attached hydrogens (tertiary/aromatic N) is 2. The van der Waals surface area contributed by atoms with Gasteiger partial charge >= 0.3 is 0 Å². The Kier molecular flexibility index (Phi) is 2.23. The van der Waals surface area contributed by atoms with Crippen LogP contribution < -0.4 is 5.43 Å². The van der Waals surface area contributed by atoms with Gasteiger partial charge < -0.3 is 0 Å². The number of aromatic nitrogens is 1. The molecule has 5 nitrogen and oxygen atoms in total. The van der Waals surface area contributed by atoms with Gasteiger partial charge in [-0.3, -0.25) is 0 Å². The molecular weight excluding hydrogens is 158 g/mol. The van der Waals surface area contributed by atoms with Crippen LogP contribution in [-0.4, -0.2) is 10.0 Å². The zero-order valence-electron chi connectivity index (χ0n) is 6.87. The molecule has 0 saturated heterocycles. The molecule has 0 amide bonds. The van der Waals surface area contributed by atoms with Gasteiger partial charge in [-0.15, -0.1) is 0 Å². The molecule has 0 saturated carbocycles. The number of nitro groups is 1. The number of rotatable bonds is 2. The van der Waals surface area contributed by atoms with Crippen molar-refractivity contribution in [2.45, 2.75) is 13.8 Å². The van der Waals surface area contributed by atoms with Crippen molar-refractivity contribution in [1.29, 1.82) is 0 Å². The van der Waals surface area contributed by atoms with Crippen LogP contribution in [0, 0.1) is 24.0 Å². The SMILES string of the molecule is Cc1ccnc(N[N+](=O)[O-])c1C. The third-order valence-corrected chi connectivity index (χ3v) is 1.67. The Bertz CT molecular complexity index is 312. The average molecular weight is 167 g/mol. The molecule has 12 heavy (non-hydrogen) atoms.